The Labute approximate surface area is 424 Å². The predicted molar refractivity (Wildman–Crippen MR) is 306 cm³/mol. The van der Waals surface area contributed by atoms with Gasteiger partial charge in [-0.25, -0.2) is 15.0 Å². The number of fused-ring (bicyclic) bond motifs is 10. The minimum Gasteiger partial charge on any atom is -0.307 e. The molecule has 0 saturated carbocycles. The van der Waals surface area contributed by atoms with E-state index in [1.807, 2.05) is 11.3 Å². The summed E-state index contributed by atoms with van der Waals surface area (Å²) in [6.07, 6.45) is 0. The van der Waals surface area contributed by atoms with Crippen LogP contribution < -0.4 is 0 Å². The second kappa shape index (κ2) is 16.6. The highest BCUT2D eigenvalue weighted by atomic mass is 32.1. The van der Waals surface area contributed by atoms with Crippen molar-refractivity contribution in [1.82, 2.24) is 24.1 Å². The molecule has 0 amide bonds. The summed E-state index contributed by atoms with van der Waals surface area (Å²) in [4.78, 5) is 16.6. The predicted octanol–water partition coefficient (Wildman–Crippen LogP) is 17.9. The van der Waals surface area contributed by atoms with E-state index in [0.717, 1.165) is 93.9 Å². The molecule has 4 heterocycles. The monoisotopic (exact) mass is 947 g/mol. The molecule has 0 aliphatic carbocycles. The third kappa shape index (κ3) is 6.51. The Balaban J connectivity index is 1.03. The highest BCUT2D eigenvalue weighted by Gasteiger charge is 2.25. The second-order valence-corrected chi connectivity index (χ2v) is 19.7. The lowest BCUT2D eigenvalue weighted by Crippen LogP contribution is -2.04. The topological polar surface area (TPSA) is 48.5 Å². The molecular weight excluding hydrogens is 907 g/mol. The van der Waals surface area contributed by atoms with Crippen LogP contribution in [0.4, 0.5) is 0 Å². The maximum atomic E-state index is 5.58. The van der Waals surface area contributed by atoms with Crippen LogP contribution in [-0.2, 0) is 0 Å². The highest BCUT2D eigenvalue weighted by Crippen LogP contribution is 2.45. The van der Waals surface area contributed by atoms with Crippen LogP contribution in [0.3, 0.4) is 0 Å². The highest BCUT2D eigenvalue weighted by molar-refractivity contribution is 7.25. The number of para-hydroxylation sites is 5. The molecule has 6 heteroatoms. The number of rotatable bonds is 7. The van der Waals surface area contributed by atoms with E-state index in [-0.39, 0.29) is 0 Å². The summed E-state index contributed by atoms with van der Waals surface area (Å²) >= 11 is 1.81. The zero-order valence-corrected chi connectivity index (χ0v) is 40.1. The summed E-state index contributed by atoms with van der Waals surface area (Å²) in [7, 11) is 0. The Bertz CT molecular complexity index is 4680. The van der Waals surface area contributed by atoms with Crippen molar-refractivity contribution in [2.24, 2.45) is 0 Å². The van der Waals surface area contributed by atoms with Gasteiger partial charge in [0, 0.05) is 64.0 Å². The fourth-order valence-corrected chi connectivity index (χ4v) is 12.5. The molecule has 4 aromatic heterocycles. The van der Waals surface area contributed by atoms with E-state index in [2.05, 4.69) is 258 Å². The van der Waals surface area contributed by atoms with Gasteiger partial charge in [-0.05, 0) is 88.1 Å². The number of thiophene rings is 1. The molecule has 0 saturated heterocycles. The molecule has 11 aromatic carbocycles. The molecule has 15 rings (SSSR count). The second-order valence-electron chi connectivity index (χ2n) is 18.7. The molecule has 0 bridgehead atoms. The fourth-order valence-electron chi connectivity index (χ4n) is 11.4. The van der Waals surface area contributed by atoms with Gasteiger partial charge in [0.25, 0.3) is 0 Å². The summed E-state index contributed by atoms with van der Waals surface area (Å²) in [5, 5.41) is 9.27. The standard InChI is InChI=1S/C67H41N5S/c1-3-19-42(20-4-1)45-38-39-54(48-25-8-7-24-47(45)48)66-68-65(44-37-40-62-56(41-44)51-28-12-16-36-61(51)73-62)69-67(70-66)55-31-17-29-52-49-26-10-15-34-59(49)72(63(52)55)60-35-18-30-53-50-27-11-14-33-58(50)71(64(53)60)57-32-13-9-23-46(57)43-21-5-2-6-22-43/h1-41H. The van der Waals surface area contributed by atoms with Crippen molar-refractivity contribution in [2.75, 3.05) is 0 Å². The van der Waals surface area contributed by atoms with Crippen LogP contribution in [0.1, 0.15) is 0 Å². The van der Waals surface area contributed by atoms with Crippen LogP contribution in [0.2, 0.25) is 0 Å². The molecule has 5 nitrogen and oxygen atoms in total. The first-order valence-corrected chi connectivity index (χ1v) is 25.5. The van der Waals surface area contributed by atoms with Gasteiger partial charge >= 0.3 is 0 Å². The quantitative estimate of drug-likeness (QED) is 0.160. The third-order valence-electron chi connectivity index (χ3n) is 14.6. The molecule has 0 unspecified atom stereocenters. The zero-order valence-electron chi connectivity index (χ0n) is 39.3. The van der Waals surface area contributed by atoms with E-state index in [1.54, 1.807) is 0 Å². The van der Waals surface area contributed by atoms with Gasteiger partial charge in [-0.2, -0.15) is 0 Å². The van der Waals surface area contributed by atoms with Crippen molar-refractivity contribution in [3.63, 3.8) is 0 Å². The van der Waals surface area contributed by atoms with Crippen molar-refractivity contribution in [3.8, 4) is 67.8 Å². The Morgan fingerprint density at radius 1 is 0.260 bits per heavy atom. The van der Waals surface area contributed by atoms with E-state index in [0.29, 0.717) is 17.5 Å². The molecule has 0 spiro atoms. The van der Waals surface area contributed by atoms with E-state index >= 15 is 0 Å². The average Bonchev–Trinajstić information content (AvgIpc) is 4.13. The lowest BCUT2D eigenvalue weighted by molar-refractivity contribution is 1.07. The molecule has 15 aromatic rings. The van der Waals surface area contributed by atoms with Crippen molar-refractivity contribution in [2.45, 2.75) is 0 Å². The number of benzene rings is 11. The Hall–Kier alpha value is -9.49. The SMILES string of the molecule is c1ccc(-c2ccccc2-n2c3ccccc3c3cccc(-n4c5ccccc5c5cccc(-c6nc(-c7ccc8sc9ccccc9c8c7)nc(-c7ccc(-c8ccccc8)c8ccccc78)n6)c54)c32)cc1. The van der Waals surface area contributed by atoms with Crippen LogP contribution in [0.15, 0.2) is 249 Å². The van der Waals surface area contributed by atoms with Crippen LogP contribution in [0, 0.1) is 0 Å². The Kier molecular flexibility index (Phi) is 9.37. The first kappa shape index (κ1) is 41.3. The van der Waals surface area contributed by atoms with E-state index in [1.165, 1.54) is 30.9 Å². The maximum Gasteiger partial charge on any atom is 0.166 e. The van der Waals surface area contributed by atoms with Gasteiger partial charge in [0.2, 0.25) is 0 Å². The number of aromatic nitrogens is 5. The van der Waals surface area contributed by atoms with E-state index in [4.69, 9.17) is 15.0 Å². The fraction of sp³-hybridized carbons (Fsp3) is 0. The minimum atomic E-state index is 0.600. The van der Waals surface area contributed by atoms with Crippen LogP contribution in [-0.4, -0.2) is 24.1 Å². The van der Waals surface area contributed by atoms with E-state index in [9.17, 15) is 0 Å². The van der Waals surface area contributed by atoms with Gasteiger partial charge in [-0.15, -0.1) is 11.3 Å². The molecule has 0 aliphatic rings. The summed E-state index contributed by atoms with van der Waals surface area (Å²) in [6, 6.07) is 89.3. The largest absolute Gasteiger partial charge is 0.307 e. The Morgan fingerprint density at radius 2 is 0.740 bits per heavy atom. The lowest BCUT2D eigenvalue weighted by Gasteiger charge is -2.18. The molecule has 73 heavy (non-hydrogen) atoms. The Morgan fingerprint density at radius 3 is 1.48 bits per heavy atom. The van der Waals surface area contributed by atoms with Crippen molar-refractivity contribution in [1.29, 1.82) is 0 Å². The first-order valence-electron chi connectivity index (χ1n) is 24.7. The summed E-state index contributed by atoms with van der Waals surface area (Å²) in [5.41, 5.74) is 14.0. The van der Waals surface area contributed by atoms with Crippen LogP contribution in [0.25, 0.3) is 142 Å². The number of hydrogen-bond acceptors (Lipinski definition) is 4. The molecule has 0 atom stereocenters. The van der Waals surface area contributed by atoms with Gasteiger partial charge < -0.3 is 9.13 Å². The van der Waals surface area contributed by atoms with Gasteiger partial charge in [-0.1, -0.05) is 188 Å². The molecule has 340 valence electrons. The van der Waals surface area contributed by atoms with Gasteiger partial charge in [0.05, 0.1) is 33.4 Å². The third-order valence-corrected chi connectivity index (χ3v) is 15.8. The molecule has 0 fully saturated rings. The van der Waals surface area contributed by atoms with Crippen LogP contribution >= 0.6 is 11.3 Å². The van der Waals surface area contributed by atoms with Crippen LogP contribution in [0.5, 0.6) is 0 Å². The first-order chi connectivity index (χ1) is 36.2. The minimum absolute atomic E-state index is 0.600. The normalized spacial score (nSPS) is 11.8. The summed E-state index contributed by atoms with van der Waals surface area (Å²) in [6.45, 7) is 0. The van der Waals surface area contributed by atoms with Gasteiger partial charge in [-0.3, -0.25) is 0 Å². The smallest absolute Gasteiger partial charge is 0.166 e. The van der Waals surface area contributed by atoms with Gasteiger partial charge in [0.15, 0.2) is 17.5 Å². The molecule has 0 radical (unpaired) electrons. The number of hydrogen-bond donors (Lipinski definition) is 0. The molecular formula is C67H41N5S. The van der Waals surface area contributed by atoms with Crippen molar-refractivity contribution >= 4 is 85.9 Å². The molecule has 0 N–H and O–H groups in total. The van der Waals surface area contributed by atoms with Gasteiger partial charge in [0.1, 0.15) is 0 Å². The summed E-state index contributed by atoms with van der Waals surface area (Å²) in [5.74, 6) is 1.83. The lowest BCUT2D eigenvalue weighted by atomic mass is 9.94. The summed E-state index contributed by atoms with van der Waals surface area (Å²) < 4.78 is 7.42. The van der Waals surface area contributed by atoms with Crippen molar-refractivity contribution < 1.29 is 0 Å². The number of nitrogens with zero attached hydrogens (tertiary/aromatic N) is 5. The van der Waals surface area contributed by atoms with Crippen molar-refractivity contribution in [3.05, 3.63) is 249 Å². The van der Waals surface area contributed by atoms with E-state index < -0.39 is 0 Å². The average molecular weight is 948 g/mol. The maximum absolute atomic E-state index is 5.58. The molecule has 0 aliphatic heterocycles. The zero-order chi connectivity index (χ0) is 48.0.